The number of nitrogens with zero attached hydrogens (tertiary/aromatic N) is 2. The monoisotopic (exact) mass is 465 g/mol. The van der Waals surface area contributed by atoms with E-state index in [-0.39, 0.29) is 26.9 Å². The van der Waals surface area contributed by atoms with Gasteiger partial charge in [0.05, 0.1) is 38.2 Å². The van der Waals surface area contributed by atoms with Crippen LogP contribution in [0.1, 0.15) is 53.5 Å². The van der Waals surface area contributed by atoms with Crippen molar-refractivity contribution in [3.05, 3.63) is 67.2 Å². The van der Waals surface area contributed by atoms with E-state index in [4.69, 9.17) is 27.9 Å². The van der Waals surface area contributed by atoms with E-state index >= 15 is 0 Å². The van der Waals surface area contributed by atoms with Crippen molar-refractivity contribution in [1.29, 1.82) is 0 Å². The second-order valence-corrected chi connectivity index (χ2v) is 8.81. The summed E-state index contributed by atoms with van der Waals surface area (Å²) in [6, 6.07) is 6.77. The summed E-state index contributed by atoms with van der Waals surface area (Å²) in [6.07, 6.45) is 1.48. The molecule has 1 aliphatic heterocycles. The largest absolute Gasteiger partial charge is 0.493 e. The first-order valence-electron chi connectivity index (χ1n) is 9.54. The van der Waals surface area contributed by atoms with Gasteiger partial charge in [-0.15, -0.1) is 0 Å². The van der Waals surface area contributed by atoms with E-state index in [9.17, 15) is 19.7 Å². The zero-order valence-corrected chi connectivity index (χ0v) is 18.7. The molecule has 1 aliphatic rings. The second kappa shape index (κ2) is 8.72. The van der Waals surface area contributed by atoms with Crippen molar-refractivity contribution in [2.24, 2.45) is 0 Å². The van der Waals surface area contributed by atoms with Gasteiger partial charge in [-0.3, -0.25) is 25.1 Å². The number of ether oxygens (including phenoxy) is 1. The van der Waals surface area contributed by atoms with Gasteiger partial charge in [0.1, 0.15) is 5.75 Å². The summed E-state index contributed by atoms with van der Waals surface area (Å²) in [5.74, 6) is -0.535. The maximum atomic E-state index is 13.2. The average molecular weight is 466 g/mol. The molecule has 3 rings (SSSR count). The van der Waals surface area contributed by atoms with Gasteiger partial charge in [-0.2, -0.15) is 0 Å². The number of carbonyl (C=O) groups excluding carboxylic acids is 2. The highest BCUT2D eigenvalue weighted by molar-refractivity contribution is 6.35. The van der Waals surface area contributed by atoms with Crippen LogP contribution in [0.15, 0.2) is 30.3 Å². The van der Waals surface area contributed by atoms with Crippen LogP contribution in [-0.2, 0) is 6.42 Å². The predicted octanol–water partition coefficient (Wildman–Crippen LogP) is 4.81. The number of nitro benzene ring substituents is 1. The number of halogens is 2. The Morgan fingerprint density at radius 1 is 1.16 bits per heavy atom. The molecular weight excluding hydrogens is 445 g/mol. The van der Waals surface area contributed by atoms with E-state index in [1.165, 1.54) is 12.1 Å². The van der Waals surface area contributed by atoms with E-state index in [1.54, 1.807) is 32.9 Å². The van der Waals surface area contributed by atoms with Crippen LogP contribution in [-0.4, -0.2) is 33.9 Å². The number of hydrogen-bond donors (Lipinski definition) is 1. The maximum Gasteiger partial charge on any atom is 0.274 e. The van der Waals surface area contributed by atoms with E-state index in [2.05, 4.69) is 5.43 Å². The standard InChI is InChI=1S/C21H21Cl2N3O5/c1-21(2,3)25(20(28)13-7-6-12(26(29)30)11-16(13)22)24-19(27)15-8-9-17-14(18(15)23)5-4-10-31-17/h6-9,11H,4-5,10H2,1-3H3,(H,24,27). The van der Waals surface area contributed by atoms with Gasteiger partial charge in [-0.05, 0) is 51.8 Å². The number of fused-ring (bicyclic) bond motifs is 1. The van der Waals surface area contributed by atoms with E-state index in [0.717, 1.165) is 23.1 Å². The zero-order valence-electron chi connectivity index (χ0n) is 17.2. The molecule has 1 N–H and O–H groups in total. The third-order valence-corrected chi connectivity index (χ3v) is 5.50. The molecule has 0 radical (unpaired) electrons. The molecular formula is C21H21Cl2N3O5. The molecule has 0 aromatic heterocycles. The Morgan fingerprint density at radius 3 is 2.45 bits per heavy atom. The third-order valence-electron chi connectivity index (χ3n) is 4.75. The number of nitrogens with one attached hydrogen (secondary N) is 1. The van der Waals surface area contributed by atoms with Crippen molar-refractivity contribution in [1.82, 2.24) is 10.4 Å². The van der Waals surface area contributed by atoms with Crippen LogP contribution in [0.25, 0.3) is 0 Å². The molecule has 0 unspecified atom stereocenters. The number of benzene rings is 2. The molecule has 0 bridgehead atoms. The summed E-state index contributed by atoms with van der Waals surface area (Å²) in [5, 5.41) is 12.3. The molecule has 0 atom stereocenters. The number of amides is 2. The van der Waals surface area contributed by atoms with Gasteiger partial charge >= 0.3 is 0 Å². The van der Waals surface area contributed by atoms with Crippen molar-refractivity contribution in [2.45, 2.75) is 39.2 Å². The van der Waals surface area contributed by atoms with Gasteiger partial charge < -0.3 is 4.74 Å². The zero-order chi connectivity index (χ0) is 22.9. The minimum Gasteiger partial charge on any atom is -0.493 e. The lowest BCUT2D eigenvalue weighted by molar-refractivity contribution is -0.384. The van der Waals surface area contributed by atoms with Crippen molar-refractivity contribution in [3.8, 4) is 5.75 Å². The Balaban J connectivity index is 1.92. The van der Waals surface area contributed by atoms with Gasteiger partial charge in [-0.25, -0.2) is 5.01 Å². The van der Waals surface area contributed by atoms with Crippen LogP contribution in [0, 0.1) is 10.1 Å². The first-order chi connectivity index (χ1) is 14.5. The molecule has 2 aromatic carbocycles. The summed E-state index contributed by atoms with van der Waals surface area (Å²) in [7, 11) is 0. The van der Waals surface area contributed by atoms with Gasteiger partial charge in [-0.1, -0.05) is 23.2 Å². The summed E-state index contributed by atoms with van der Waals surface area (Å²) in [6.45, 7) is 5.78. The normalized spacial score (nSPS) is 13.1. The number of nitro groups is 1. The minimum atomic E-state index is -0.832. The lowest BCUT2D eigenvalue weighted by Gasteiger charge is -2.35. The molecule has 164 valence electrons. The molecule has 0 spiro atoms. The Hall–Kier alpha value is -2.84. The summed E-state index contributed by atoms with van der Waals surface area (Å²) >= 11 is 12.6. The minimum absolute atomic E-state index is 0.0208. The average Bonchev–Trinajstić information content (AvgIpc) is 2.70. The smallest absolute Gasteiger partial charge is 0.274 e. The molecule has 2 amide bonds. The molecule has 0 saturated heterocycles. The van der Waals surface area contributed by atoms with Crippen LogP contribution in [0.3, 0.4) is 0 Å². The molecule has 0 aliphatic carbocycles. The van der Waals surface area contributed by atoms with Gasteiger partial charge in [0.25, 0.3) is 17.5 Å². The summed E-state index contributed by atoms with van der Waals surface area (Å²) < 4.78 is 5.57. The Morgan fingerprint density at radius 2 is 1.84 bits per heavy atom. The fourth-order valence-electron chi connectivity index (χ4n) is 3.17. The highest BCUT2D eigenvalue weighted by Crippen LogP contribution is 2.34. The molecule has 31 heavy (non-hydrogen) atoms. The Bertz CT molecular complexity index is 1070. The molecule has 8 nitrogen and oxygen atoms in total. The summed E-state index contributed by atoms with van der Waals surface area (Å²) in [5.41, 5.74) is 2.53. The number of hydrazine groups is 1. The third kappa shape index (κ3) is 4.75. The second-order valence-electron chi connectivity index (χ2n) is 8.03. The Kier molecular flexibility index (Phi) is 6.43. The summed E-state index contributed by atoms with van der Waals surface area (Å²) in [4.78, 5) is 36.5. The fraction of sp³-hybridized carbons (Fsp3) is 0.333. The number of hydrogen-bond acceptors (Lipinski definition) is 5. The highest BCUT2D eigenvalue weighted by Gasteiger charge is 2.32. The van der Waals surface area contributed by atoms with Gasteiger partial charge in [0.2, 0.25) is 0 Å². The lowest BCUT2D eigenvalue weighted by Crippen LogP contribution is -2.56. The first-order valence-corrected chi connectivity index (χ1v) is 10.3. The molecule has 1 heterocycles. The van der Waals surface area contributed by atoms with Gasteiger partial charge in [0.15, 0.2) is 0 Å². The molecule has 0 saturated carbocycles. The van der Waals surface area contributed by atoms with E-state index in [1.807, 2.05) is 0 Å². The van der Waals surface area contributed by atoms with Crippen molar-refractivity contribution >= 4 is 40.7 Å². The number of rotatable bonds is 3. The van der Waals surface area contributed by atoms with Crippen LogP contribution in [0.2, 0.25) is 10.0 Å². The van der Waals surface area contributed by atoms with Crippen LogP contribution < -0.4 is 10.2 Å². The SMILES string of the molecule is CC(C)(C)N(NC(=O)c1ccc2c(c1Cl)CCCO2)C(=O)c1ccc([N+](=O)[O-])cc1Cl. The number of carbonyl (C=O) groups is 2. The lowest BCUT2D eigenvalue weighted by atomic mass is 10.0. The van der Waals surface area contributed by atoms with Gasteiger partial charge in [0, 0.05) is 17.7 Å². The number of non-ortho nitro benzene ring substituents is 1. The first kappa shape index (κ1) is 22.8. The fourth-order valence-corrected chi connectivity index (χ4v) is 3.77. The molecule has 0 fully saturated rings. The van der Waals surface area contributed by atoms with Crippen LogP contribution >= 0.6 is 23.2 Å². The van der Waals surface area contributed by atoms with E-state index in [0.29, 0.717) is 18.8 Å². The topological polar surface area (TPSA) is 102 Å². The van der Waals surface area contributed by atoms with Crippen LogP contribution in [0.5, 0.6) is 5.75 Å². The maximum absolute atomic E-state index is 13.2. The highest BCUT2D eigenvalue weighted by atomic mass is 35.5. The van der Waals surface area contributed by atoms with Crippen molar-refractivity contribution in [3.63, 3.8) is 0 Å². The quantitative estimate of drug-likeness (QED) is 0.517. The van der Waals surface area contributed by atoms with E-state index < -0.39 is 22.3 Å². The molecule has 2 aromatic rings. The van der Waals surface area contributed by atoms with Crippen molar-refractivity contribution in [2.75, 3.05) is 6.61 Å². The molecule has 10 heteroatoms. The van der Waals surface area contributed by atoms with Crippen LogP contribution in [0.4, 0.5) is 5.69 Å². The predicted molar refractivity (Wildman–Crippen MR) is 117 cm³/mol. The Labute approximate surface area is 189 Å². The van der Waals surface area contributed by atoms with Crippen molar-refractivity contribution < 1.29 is 19.2 Å².